The summed E-state index contributed by atoms with van der Waals surface area (Å²) in [6.45, 7) is 0.485. The lowest BCUT2D eigenvalue weighted by molar-refractivity contribution is -0.116. The molecule has 0 aliphatic rings. The maximum Gasteiger partial charge on any atom is 0.246 e. The molecule has 40 heavy (non-hydrogen) atoms. The minimum Gasteiger partial charge on any atom is -0.497 e. The van der Waals surface area contributed by atoms with Gasteiger partial charge in [0.1, 0.15) is 18.0 Å². The molecule has 1 amide bonds. The lowest BCUT2D eigenvalue weighted by Crippen LogP contribution is -2.19. The van der Waals surface area contributed by atoms with Crippen LogP contribution in [-0.4, -0.2) is 37.6 Å². The first-order valence-electron chi connectivity index (χ1n) is 12.8. The van der Waals surface area contributed by atoms with Crippen LogP contribution in [0.2, 0.25) is 0 Å². The van der Waals surface area contributed by atoms with Crippen LogP contribution in [0.4, 0.5) is 5.69 Å². The van der Waals surface area contributed by atoms with Gasteiger partial charge in [-0.25, -0.2) is 9.67 Å². The number of hydrogen-bond donors (Lipinski definition) is 1. The Balaban J connectivity index is 1.32. The molecule has 0 atom stereocenters. The molecular weight excluding hydrogens is 520 g/mol. The second-order valence-electron chi connectivity index (χ2n) is 9.11. The van der Waals surface area contributed by atoms with Crippen molar-refractivity contribution in [2.75, 3.05) is 12.4 Å². The number of nitrogens with zero attached hydrogens (tertiary/aromatic N) is 5. The molecule has 3 heterocycles. The van der Waals surface area contributed by atoms with Gasteiger partial charge < -0.3 is 14.6 Å². The summed E-state index contributed by atoms with van der Waals surface area (Å²) in [5.41, 5.74) is 5.42. The number of carbonyl (C=O) groups excluding carboxylic acids is 1. The SMILES string of the molecule is COc1ccc(NC(=O)Cn2cc(Cn3c(-c4cccs4)nc(-c4ccccc4)c3-c3ccccc3)nn2)cc1. The van der Waals surface area contributed by atoms with E-state index in [0.29, 0.717) is 12.2 Å². The summed E-state index contributed by atoms with van der Waals surface area (Å²) < 4.78 is 8.92. The molecule has 1 N–H and O–H groups in total. The quantitative estimate of drug-likeness (QED) is 0.232. The lowest BCUT2D eigenvalue weighted by Gasteiger charge is -2.11. The Morgan fingerprint density at radius 2 is 1.62 bits per heavy atom. The Morgan fingerprint density at radius 3 is 2.30 bits per heavy atom. The zero-order chi connectivity index (χ0) is 27.3. The van der Waals surface area contributed by atoms with Crippen LogP contribution in [0.15, 0.2) is 109 Å². The molecule has 6 aromatic rings. The van der Waals surface area contributed by atoms with Crippen LogP contribution >= 0.6 is 11.3 Å². The molecular formula is C31H26N6O2S. The van der Waals surface area contributed by atoms with Crippen LogP contribution in [0, 0.1) is 0 Å². The van der Waals surface area contributed by atoms with E-state index in [2.05, 4.69) is 55.9 Å². The Bertz CT molecular complexity index is 1710. The first-order valence-corrected chi connectivity index (χ1v) is 13.6. The smallest absolute Gasteiger partial charge is 0.246 e. The van der Waals surface area contributed by atoms with E-state index in [1.165, 1.54) is 0 Å². The molecule has 0 saturated carbocycles. The Hall–Kier alpha value is -5.02. The molecule has 3 aromatic carbocycles. The summed E-state index contributed by atoms with van der Waals surface area (Å²) in [6.07, 6.45) is 1.81. The molecule has 0 spiro atoms. The van der Waals surface area contributed by atoms with E-state index in [-0.39, 0.29) is 12.5 Å². The van der Waals surface area contributed by atoms with Crippen molar-refractivity contribution in [1.82, 2.24) is 24.5 Å². The predicted octanol–water partition coefficient (Wildman–Crippen LogP) is 6.23. The van der Waals surface area contributed by atoms with Crippen LogP contribution < -0.4 is 10.1 Å². The van der Waals surface area contributed by atoms with Gasteiger partial charge in [-0.2, -0.15) is 0 Å². The monoisotopic (exact) mass is 546 g/mol. The minimum atomic E-state index is -0.195. The number of methoxy groups -OCH3 is 1. The lowest BCUT2D eigenvalue weighted by atomic mass is 10.0. The van der Waals surface area contributed by atoms with Gasteiger partial charge in [0.05, 0.1) is 36.1 Å². The zero-order valence-electron chi connectivity index (χ0n) is 21.8. The van der Waals surface area contributed by atoms with Crippen LogP contribution in [0.5, 0.6) is 5.75 Å². The number of benzene rings is 3. The molecule has 3 aromatic heterocycles. The van der Waals surface area contributed by atoms with Crippen molar-refractivity contribution in [1.29, 1.82) is 0 Å². The third-order valence-corrected chi connectivity index (χ3v) is 7.26. The van der Waals surface area contributed by atoms with Gasteiger partial charge in [0.15, 0.2) is 5.82 Å². The molecule has 0 saturated heterocycles. The van der Waals surface area contributed by atoms with Gasteiger partial charge in [0.2, 0.25) is 5.91 Å². The average Bonchev–Trinajstić information content (AvgIpc) is 3.75. The van der Waals surface area contributed by atoms with Crippen molar-refractivity contribution in [2.24, 2.45) is 0 Å². The summed E-state index contributed by atoms with van der Waals surface area (Å²) in [4.78, 5) is 18.9. The van der Waals surface area contributed by atoms with E-state index in [4.69, 9.17) is 9.72 Å². The van der Waals surface area contributed by atoms with Crippen molar-refractivity contribution in [3.63, 3.8) is 0 Å². The number of hydrogen-bond acceptors (Lipinski definition) is 6. The largest absolute Gasteiger partial charge is 0.497 e. The van der Waals surface area contributed by atoms with Gasteiger partial charge in [-0.1, -0.05) is 71.9 Å². The van der Waals surface area contributed by atoms with Crippen LogP contribution in [0.3, 0.4) is 0 Å². The Labute approximate surface area is 235 Å². The molecule has 198 valence electrons. The van der Waals surface area contributed by atoms with Crippen molar-refractivity contribution in [2.45, 2.75) is 13.1 Å². The average molecular weight is 547 g/mol. The number of anilines is 1. The van der Waals surface area contributed by atoms with E-state index in [9.17, 15) is 4.79 Å². The number of nitrogens with one attached hydrogen (secondary N) is 1. The summed E-state index contributed by atoms with van der Waals surface area (Å²) in [7, 11) is 1.61. The molecule has 0 aliphatic heterocycles. The van der Waals surface area contributed by atoms with E-state index < -0.39 is 0 Å². The zero-order valence-corrected chi connectivity index (χ0v) is 22.6. The maximum absolute atomic E-state index is 12.7. The van der Waals surface area contributed by atoms with Crippen LogP contribution in [0.1, 0.15) is 5.69 Å². The van der Waals surface area contributed by atoms with Crippen LogP contribution in [-0.2, 0) is 17.9 Å². The fourth-order valence-electron chi connectivity index (χ4n) is 4.56. The molecule has 8 nitrogen and oxygen atoms in total. The first kappa shape index (κ1) is 25.3. The highest BCUT2D eigenvalue weighted by Crippen LogP contribution is 2.37. The van der Waals surface area contributed by atoms with Gasteiger partial charge in [-0.05, 0) is 35.7 Å². The van der Waals surface area contributed by atoms with Gasteiger partial charge in [0.25, 0.3) is 0 Å². The van der Waals surface area contributed by atoms with E-state index >= 15 is 0 Å². The fraction of sp³-hybridized carbons (Fsp3) is 0.0968. The summed E-state index contributed by atoms with van der Waals surface area (Å²) in [5.74, 6) is 1.39. The van der Waals surface area contributed by atoms with Gasteiger partial charge in [0, 0.05) is 16.8 Å². The number of ether oxygens (including phenoxy) is 1. The number of carbonyl (C=O) groups is 1. The van der Waals surface area contributed by atoms with Gasteiger partial charge >= 0.3 is 0 Å². The second-order valence-corrected chi connectivity index (χ2v) is 10.1. The van der Waals surface area contributed by atoms with Crippen molar-refractivity contribution in [3.05, 3.63) is 114 Å². The first-order chi connectivity index (χ1) is 19.7. The standard InChI is InChI=1S/C31H26N6O2S/c1-39-26-16-14-24(15-17-26)32-28(38)21-36-19-25(34-35-36)20-37-30(23-11-6-3-7-12-23)29(22-9-4-2-5-10-22)33-31(37)27-13-8-18-40-27/h2-19H,20-21H2,1H3,(H,32,38). The second kappa shape index (κ2) is 11.4. The Kier molecular flexibility index (Phi) is 7.19. The predicted molar refractivity (Wildman–Crippen MR) is 157 cm³/mol. The highest BCUT2D eigenvalue weighted by Gasteiger charge is 2.22. The fourth-order valence-corrected chi connectivity index (χ4v) is 5.28. The molecule has 0 aliphatic carbocycles. The topological polar surface area (TPSA) is 86.9 Å². The molecule has 0 radical (unpaired) electrons. The number of amides is 1. The number of aromatic nitrogens is 5. The normalized spacial score (nSPS) is 10.9. The summed E-state index contributed by atoms with van der Waals surface area (Å²) in [6, 6.07) is 31.8. The van der Waals surface area contributed by atoms with Crippen LogP contribution in [0.25, 0.3) is 33.2 Å². The van der Waals surface area contributed by atoms with Crippen molar-refractivity contribution < 1.29 is 9.53 Å². The molecule has 0 fully saturated rings. The highest BCUT2D eigenvalue weighted by atomic mass is 32.1. The summed E-state index contributed by atoms with van der Waals surface area (Å²) >= 11 is 1.64. The highest BCUT2D eigenvalue weighted by molar-refractivity contribution is 7.13. The van der Waals surface area contributed by atoms with Gasteiger partial charge in [-0.3, -0.25) is 4.79 Å². The van der Waals surface area contributed by atoms with Crippen molar-refractivity contribution in [3.8, 4) is 39.0 Å². The third kappa shape index (κ3) is 5.41. The molecule has 6 rings (SSSR count). The number of imidazole rings is 1. The van der Waals surface area contributed by atoms with E-state index in [1.807, 2.05) is 48.7 Å². The maximum atomic E-state index is 12.7. The minimum absolute atomic E-state index is 0.0432. The molecule has 0 unspecified atom stereocenters. The Morgan fingerprint density at radius 1 is 0.900 bits per heavy atom. The van der Waals surface area contributed by atoms with E-state index in [1.54, 1.807) is 47.4 Å². The third-order valence-electron chi connectivity index (χ3n) is 6.39. The van der Waals surface area contributed by atoms with Crippen molar-refractivity contribution >= 4 is 22.9 Å². The number of rotatable bonds is 9. The molecule has 0 bridgehead atoms. The molecule has 9 heteroatoms. The van der Waals surface area contributed by atoms with E-state index in [0.717, 1.165) is 44.7 Å². The van der Waals surface area contributed by atoms with Gasteiger partial charge in [-0.15, -0.1) is 16.4 Å². The number of thiophene rings is 1. The summed E-state index contributed by atoms with van der Waals surface area (Å²) in [5, 5.41) is 13.6.